The van der Waals surface area contributed by atoms with Crippen LogP contribution in [0.25, 0.3) is 0 Å². The lowest BCUT2D eigenvalue weighted by molar-refractivity contribution is 0.184. The second-order valence-corrected chi connectivity index (χ2v) is 4.65. The minimum absolute atomic E-state index is 0.691. The molecule has 0 aliphatic heterocycles. The molecule has 0 amide bonds. The number of hydrogen-bond acceptors (Lipinski definition) is 3. The Balaban J connectivity index is 2.54. The number of methoxy groups -OCH3 is 1. The standard InChI is InChI=1S/C15H25NO2/c1-12-10-14(6-7-16)11-13(2)15(12)18-9-5-4-8-17-3/h10-11H,4-9,16H2,1-3H3. The Morgan fingerprint density at radius 1 is 1.06 bits per heavy atom. The zero-order chi connectivity index (χ0) is 13.4. The van der Waals surface area contributed by atoms with Gasteiger partial charge in [0.05, 0.1) is 6.61 Å². The quantitative estimate of drug-likeness (QED) is 0.722. The van der Waals surface area contributed by atoms with Crippen LogP contribution < -0.4 is 10.5 Å². The van der Waals surface area contributed by atoms with Gasteiger partial charge in [0.2, 0.25) is 0 Å². The molecule has 0 fully saturated rings. The largest absolute Gasteiger partial charge is 0.493 e. The lowest BCUT2D eigenvalue weighted by Gasteiger charge is -2.14. The van der Waals surface area contributed by atoms with Crippen molar-refractivity contribution in [2.75, 3.05) is 26.9 Å². The number of rotatable bonds is 8. The Kier molecular flexibility index (Phi) is 6.76. The van der Waals surface area contributed by atoms with E-state index < -0.39 is 0 Å². The fourth-order valence-electron chi connectivity index (χ4n) is 2.10. The molecule has 0 spiro atoms. The van der Waals surface area contributed by atoms with Gasteiger partial charge >= 0.3 is 0 Å². The van der Waals surface area contributed by atoms with Crippen molar-refractivity contribution in [2.24, 2.45) is 5.73 Å². The fraction of sp³-hybridized carbons (Fsp3) is 0.600. The Bertz CT molecular complexity index is 341. The van der Waals surface area contributed by atoms with Gasteiger partial charge in [-0.1, -0.05) is 12.1 Å². The van der Waals surface area contributed by atoms with E-state index in [-0.39, 0.29) is 0 Å². The van der Waals surface area contributed by atoms with Crippen LogP contribution in [0.15, 0.2) is 12.1 Å². The number of nitrogens with two attached hydrogens (primary N) is 1. The van der Waals surface area contributed by atoms with Crippen LogP contribution in [0.4, 0.5) is 0 Å². The molecule has 3 heteroatoms. The third kappa shape index (κ3) is 4.67. The van der Waals surface area contributed by atoms with Crippen molar-refractivity contribution in [1.29, 1.82) is 0 Å². The summed E-state index contributed by atoms with van der Waals surface area (Å²) in [5.41, 5.74) is 9.27. The van der Waals surface area contributed by atoms with Crippen LogP contribution >= 0.6 is 0 Å². The van der Waals surface area contributed by atoms with Crippen LogP contribution in [0.5, 0.6) is 5.75 Å². The maximum Gasteiger partial charge on any atom is 0.125 e. The molecule has 2 N–H and O–H groups in total. The number of benzene rings is 1. The molecule has 0 atom stereocenters. The van der Waals surface area contributed by atoms with E-state index in [0.29, 0.717) is 6.54 Å². The van der Waals surface area contributed by atoms with Gasteiger partial charge < -0.3 is 15.2 Å². The average molecular weight is 251 g/mol. The topological polar surface area (TPSA) is 44.5 Å². The molecule has 0 saturated carbocycles. The van der Waals surface area contributed by atoms with Crippen molar-refractivity contribution in [3.8, 4) is 5.75 Å². The summed E-state index contributed by atoms with van der Waals surface area (Å²) < 4.78 is 10.9. The van der Waals surface area contributed by atoms with E-state index in [4.69, 9.17) is 15.2 Å². The van der Waals surface area contributed by atoms with E-state index in [2.05, 4.69) is 26.0 Å². The predicted octanol–water partition coefficient (Wildman–Crippen LogP) is 2.61. The third-order valence-electron chi connectivity index (χ3n) is 2.94. The van der Waals surface area contributed by atoms with E-state index in [1.165, 1.54) is 16.7 Å². The molecule has 102 valence electrons. The first-order valence-corrected chi connectivity index (χ1v) is 6.61. The summed E-state index contributed by atoms with van der Waals surface area (Å²) in [6.07, 6.45) is 2.99. The zero-order valence-corrected chi connectivity index (χ0v) is 11.8. The molecule has 3 nitrogen and oxygen atoms in total. The smallest absolute Gasteiger partial charge is 0.125 e. The van der Waals surface area contributed by atoms with Gasteiger partial charge in [-0.2, -0.15) is 0 Å². The molecule has 0 radical (unpaired) electrons. The van der Waals surface area contributed by atoms with Crippen LogP contribution in [0.1, 0.15) is 29.5 Å². The lowest BCUT2D eigenvalue weighted by Crippen LogP contribution is -2.05. The maximum atomic E-state index is 5.86. The first-order valence-electron chi connectivity index (χ1n) is 6.61. The predicted molar refractivity (Wildman–Crippen MR) is 75.3 cm³/mol. The van der Waals surface area contributed by atoms with Crippen LogP contribution in [0, 0.1) is 13.8 Å². The summed E-state index contributed by atoms with van der Waals surface area (Å²) in [6, 6.07) is 4.34. The molecule has 1 rings (SSSR count). The van der Waals surface area contributed by atoms with Gasteiger partial charge in [-0.3, -0.25) is 0 Å². The second-order valence-electron chi connectivity index (χ2n) is 4.65. The highest BCUT2D eigenvalue weighted by Crippen LogP contribution is 2.25. The van der Waals surface area contributed by atoms with Gasteiger partial charge in [0.25, 0.3) is 0 Å². The van der Waals surface area contributed by atoms with Gasteiger partial charge in [0, 0.05) is 13.7 Å². The van der Waals surface area contributed by atoms with Crippen molar-refractivity contribution in [3.05, 3.63) is 28.8 Å². The van der Waals surface area contributed by atoms with E-state index in [1.54, 1.807) is 7.11 Å². The normalized spacial score (nSPS) is 10.7. The molecular weight excluding hydrogens is 226 g/mol. The molecule has 0 bridgehead atoms. The lowest BCUT2D eigenvalue weighted by atomic mass is 10.0. The minimum atomic E-state index is 0.691. The van der Waals surface area contributed by atoms with E-state index in [0.717, 1.165) is 38.2 Å². The Morgan fingerprint density at radius 3 is 2.22 bits per heavy atom. The monoisotopic (exact) mass is 251 g/mol. The van der Waals surface area contributed by atoms with Gasteiger partial charge in [0.15, 0.2) is 0 Å². The molecule has 0 unspecified atom stereocenters. The summed E-state index contributed by atoms with van der Waals surface area (Å²) >= 11 is 0. The number of unbranched alkanes of at least 4 members (excludes halogenated alkanes) is 1. The molecule has 0 aliphatic rings. The van der Waals surface area contributed by atoms with Crippen molar-refractivity contribution < 1.29 is 9.47 Å². The highest BCUT2D eigenvalue weighted by molar-refractivity contribution is 5.43. The summed E-state index contributed by atoms with van der Waals surface area (Å²) in [4.78, 5) is 0. The van der Waals surface area contributed by atoms with Gasteiger partial charge in [-0.15, -0.1) is 0 Å². The Hall–Kier alpha value is -1.06. The summed E-state index contributed by atoms with van der Waals surface area (Å²) in [5, 5.41) is 0. The van der Waals surface area contributed by atoms with Crippen LogP contribution in [-0.2, 0) is 11.2 Å². The fourth-order valence-corrected chi connectivity index (χ4v) is 2.10. The van der Waals surface area contributed by atoms with Crippen LogP contribution in [-0.4, -0.2) is 26.9 Å². The van der Waals surface area contributed by atoms with E-state index >= 15 is 0 Å². The Labute approximate surface area is 110 Å². The highest BCUT2D eigenvalue weighted by atomic mass is 16.5. The molecule has 0 aliphatic carbocycles. The van der Waals surface area contributed by atoms with Crippen LogP contribution in [0.2, 0.25) is 0 Å². The summed E-state index contributed by atoms with van der Waals surface area (Å²) in [6.45, 7) is 6.43. The SMILES string of the molecule is COCCCCOc1c(C)cc(CCN)cc1C. The van der Waals surface area contributed by atoms with Gasteiger partial charge in [0.1, 0.15) is 5.75 Å². The first-order chi connectivity index (χ1) is 8.69. The Morgan fingerprint density at radius 2 is 1.67 bits per heavy atom. The van der Waals surface area contributed by atoms with Gasteiger partial charge in [-0.05, 0) is 56.3 Å². The number of ether oxygens (including phenoxy) is 2. The zero-order valence-electron chi connectivity index (χ0n) is 11.8. The molecule has 0 aromatic heterocycles. The second kappa shape index (κ2) is 8.11. The summed E-state index contributed by atoms with van der Waals surface area (Å²) in [7, 11) is 1.73. The molecule has 0 saturated heterocycles. The average Bonchev–Trinajstić information content (AvgIpc) is 2.32. The molecule has 18 heavy (non-hydrogen) atoms. The number of aryl methyl sites for hydroxylation is 2. The van der Waals surface area contributed by atoms with E-state index in [9.17, 15) is 0 Å². The van der Waals surface area contributed by atoms with Crippen molar-refractivity contribution in [1.82, 2.24) is 0 Å². The molecule has 1 aromatic rings. The van der Waals surface area contributed by atoms with Crippen molar-refractivity contribution >= 4 is 0 Å². The number of hydrogen-bond donors (Lipinski definition) is 1. The van der Waals surface area contributed by atoms with Gasteiger partial charge in [-0.25, -0.2) is 0 Å². The minimum Gasteiger partial charge on any atom is -0.493 e. The molecule has 0 heterocycles. The van der Waals surface area contributed by atoms with E-state index in [1.807, 2.05) is 0 Å². The molecular formula is C15H25NO2. The van der Waals surface area contributed by atoms with Crippen LogP contribution in [0.3, 0.4) is 0 Å². The molecule has 1 aromatic carbocycles. The highest BCUT2D eigenvalue weighted by Gasteiger charge is 2.06. The van der Waals surface area contributed by atoms with Crippen molar-refractivity contribution in [3.63, 3.8) is 0 Å². The summed E-state index contributed by atoms with van der Waals surface area (Å²) in [5.74, 6) is 1.02. The first kappa shape index (κ1) is 15.0. The van der Waals surface area contributed by atoms with Crippen molar-refractivity contribution in [2.45, 2.75) is 33.1 Å². The third-order valence-corrected chi connectivity index (χ3v) is 2.94. The maximum absolute atomic E-state index is 5.86.